The molecule has 1 aromatic carbocycles. The average molecular weight is 279 g/mol. The molecule has 2 aromatic rings. The number of benzene rings is 1. The summed E-state index contributed by atoms with van der Waals surface area (Å²) in [5.74, 6) is 0.360. The molecule has 2 rings (SSSR count). The summed E-state index contributed by atoms with van der Waals surface area (Å²) in [6, 6.07) is 7.67. The summed E-state index contributed by atoms with van der Waals surface area (Å²) in [5.41, 5.74) is 8.73. The lowest BCUT2D eigenvalue weighted by molar-refractivity contribution is 0.735. The molecule has 0 unspecified atom stereocenters. The van der Waals surface area contributed by atoms with Gasteiger partial charge in [-0.1, -0.05) is 25.4 Å². The maximum Gasteiger partial charge on any atom is 0.0767 e. The van der Waals surface area contributed by atoms with Crippen molar-refractivity contribution in [3.8, 4) is 5.69 Å². The highest BCUT2D eigenvalue weighted by atomic mass is 35.5. The molecule has 102 valence electrons. The lowest BCUT2D eigenvalue weighted by Crippen LogP contribution is -2.14. The predicted octanol–water partition coefficient (Wildman–Crippen LogP) is 3.02. The van der Waals surface area contributed by atoms with Gasteiger partial charge >= 0.3 is 0 Å². The van der Waals surface area contributed by atoms with Crippen molar-refractivity contribution in [3.05, 3.63) is 41.2 Å². The van der Waals surface area contributed by atoms with Gasteiger partial charge in [0.15, 0.2) is 0 Å². The van der Waals surface area contributed by atoms with E-state index in [9.17, 15) is 0 Å². The second-order valence-electron chi connectivity index (χ2n) is 4.70. The van der Waals surface area contributed by atoms with Gasteiger partial charge in [-0.15, -0.1) is 0 Å². The van der Waals surface area contributed by atoms with Crippen molar-refractivity contribution < 1.29 is 0 Å². The first-order valence-electron chi connectivity index (χ1n) is 6.41. The second kappa shape index (κ2) is 6.08. The van der Waals surface area contributed by atoms with Crippen molar-refractivity contribution in [1.29, 1.82) is 0 Å². The maximum atomic E-state index is 5.92. The summed E-state index contributed by atoms with van der Waals surface area (Å²) in [5, 5.41) is 8.50. The normalized spacial score (nSPS) is 11.0. The molecular weight excluding hydrogens is 260 g/mol. The van der Waals surface area contributed by atoms with Crippen molar-refractivity contribution in [2.45, 2.75) is 19.8 Å². The number of nitrogens with two attached hydrogens (primary N) is 1. The van der Waals surface area contributed by atoms with Gasteiger partial charge in [-0.25, -0.2) is 4.68 Å². The number of nitrogens with one attached hydrogen (secondary N) is 1. The Hall–Kier alpha value is -1.52. The zero-order valence-electron chi connectivity index (χ0n) is 11.2. The first-order chi connectivity index (χ1) is 9.13. The molecule has 19 heavy (non-hydrogen) atoms. The van der Waals surface area contributed by atoms with Crippen LogP contribution in [0.2, 0.25) is 5.02 Å². The molecule has 5 heteroatoms. The minimum atomic E-state index is 0.360. The number of nitrogens with zero attached hydrogens (tertiary/aromatic N) is 2. The smallest absolute Gasteiger partial charge is 0.0767 e. The molecule has 0 saturated heterocycles. The number of rotatable bonds is 5. The van der Waals surface area contributed by atoms with E-state index in [1.165, 1.54) is 0 Å². The van der Waals surface area contributed by atoms with Gasteiger partial charge in [0.25, 0.3) is 0 Å². The summed E-state index contributed by atoms with van der Waals surface area (Å²) in [6.07, 6.45) is 1.85. The van der Waals surface area contributed by atoms with Gasteiger partial charge in [0.2, 0.25) is 0 Å². The second-order valence-corrected chi connectivity index (χ2v) is 5.14. The highest BCUT2D eigenvalue weighted by Gasteiger charge is 2.15. The molecule has 0 radical (unpaired) electrons. The standard InChI is InChI=1S/C14H19ClN4/c1-10(2)14-13(17-8-7-16)9-18-19(14)12-5-3-11(15)4-6-12/h3-6,9-10,17H,7-8,16H2,1-2H3. The number of aromatic nitrogens is 2. The lowest BCUT2D eigenvalue weighted by atomic mass is 10.1. The van der Waals surface area contributed by atoms with Gasteiger partial charge in [0.1, 0.15) is 0 Å². The first-order valence-corrected chi connectivity index (χ1v) is 6.79. The molecular formula is C14H19ClN4. The zero-order chi connectivity index (χ0) is 13.8. The summed E-state index contributed by atoms with van der Waals surface area (Å²) in [6.45, 7) is 5.64. The summed E-state index contributed by atoms with van der Waals surface area (Å²) < 4.78 is 1.94. The monoisotopic (exact) mass is 278 g/mol. The van der Waals surface area contributed by atoms with Gasteiger partial charge in [0, 0.05) is 18.1 Å². The Bertz CT molecular complexity index is 531. The molecule has 0 aliphatic carbocycles. The lowest BCUT2D eigenvalue weighted by Gasteiger charge is -2.13. The molecule has 0 saturated carbocycles. The Labute approximate surface area is 118 Å². The minimum absolute atomic E-state index is 0.360. The van der Waals surface area contributed by atoms with Crippen LogP contribution in [0.25, 0.3) is 5.69 Å². The molecule has 1 heterocycles. The van der Waals surface area contributed by atoms with Crippen LogP contribution in [0, 0.1) is 0 Å². The van der Waals surface area contributed by atoms with E-state index in [4.69, 9.17) is 17.3 Å². The van der Waals surface area contributed by atoms with Gasteiger partial charge in [-0.05, 0) is 30.2 Å². The molecule has 1 aromatic heterocycles. The molecule has 0 aliphatic heterocycles. The van der Waals surface area contributed by atoms with E-state index >= 15 is 0 Å². The number of anilines is 1. The summed E-state index contributed by atoms with van der Waals surface area (Å²) in [4.78, 5) is 0. The highest BCUT2D eigenvalue weighted by molar-refractivity contribution is 6.30. The quantitative estimate of drug-likeness (QED) is 0.884. The predicted molar refractivity (Wildman–Crippen MR) is 80.2 cm³/mol. The van der Waals surface area contributed by atoms with Crippen LogP contribution in [0.15, 0.2) is 30.5 Å². The van der Waals surface area contributed by atoms with Crippen molar-refractivity contribution in [2.24, 2.45) is 5.73 Å². The Kier molecular flexibility index (Phi) is 4.45. The highest BCUT2D eigenvalue weighted by Crippen LogP contribution is 2.27. The van der Waals surface area contributed by atoms with E-state index < -0.39 is 0 Å². The average Bonchev–Trinajstić information content (AvgIpc) is 2.81. The van der Waals surface area contributed by atoms with Gasteiger partial charge in [-0.2, -0.15) is 5.10 Å². The summed E-state index contributed by atoms with van der Waals surface area (Å²) in [7, 11) is 0. The largest absolute Gasteiger partial charge is 0.381 e. The Morgan fingerprint density at radius 1 is 1.32 bits per heavy atom. The van der Waals surface area contributed by atoms with Gasteiger partial charge in [0.05, 0.1) is 23.3 Å². The third kappa shape index (κ3) is 3.08. The van der Waals surface area contributed by atoms with E-state index in [0.717, 1.165) is 28.6 Å². The number of halogens is 1. The van der Waals surface area contributed by atoms with Crippen LogP contribution in [0.5, 0.6) is 0 Å². The van der Waals surface area contributed by atoms with Crippen LogP contribution in [0.1, 0.15) is 25.5 Å². The first kappa shape index (κ1) is 13.9. The fourth-order valence-corrected chi connectivity index (χ4v) is 2.17. The van der Waals surface area contributed by atoms with E-state index in [2.05, 4.69) is 24.3 Å². The third-order valence-electron chi connectivity index (χ3n) is 2.88. The van der Waals surface area contributed by atoms with Crippen LogP contribution in [-0.2, 0) is 0 Å². The van der Waals surface area contributed by atoms with Gasteiger partial charge in [-0.3, -0.25) is 0 Å². The fraction of sp³-hybridized carbons (Fsp3) is 0.357. The van der Waals surface area contributed by atoms with E-state index in [1.54, 1.807) is 0 Å². The molecule has 0 spiro atoms. The number of hydrogen-bond donors (Lipinski definition) is 2. The third-order valence-corrected chi connectivity index (χ3v) is 3.14. The minimum Gasteiger partial charge on any atom is -0.381 e. The Morgan fingerprint density at radius 2 is 2.00 bits per heavy atom. The van der Waals surface area contributed by atoms with Gasteiger partial charge < -0.3 is 11.1 Å². The van der Waals surface area contributed by atoms with Crippen LogP contribution in [0.4, 0.5) is 5.69 Å². The molecule has 0 amide bonds. The van der Waals surface area contributed by atoms with Crippen LogP contribution in [-0.4, -0.2) is 22.9 Å². The van der Waals surface area contributed by atoms with E-state index in [0.29, 0.717) is 12.5 Å². The SMILES string of the molecule is CC(C)c1c(NCCN)cnn1-c1ccc(Cl)cc1. The molecule has 0 aliphatic rings. The summed E-state index contributed by atoms with van der Waals surface area (Å²) >= 11 is 5.92. The molecule has 0 fully saturated rings. The number of hydrogen-bond acceptors (Lipinski definition) is 3. The molecule has 0 atom stereocenters. The fourth-order valence-electron chi connectivity index (χ4n) is 2.04. The Morgan fingerprint density at radius 3 is 2.58 bits per heavy atom. The van der Waals surface area contributed by atoms with Crippen molar-refractivity contribution >= 4 is 17.3 Å². The van der Waals surface area contributed by atoms with Crippen molar-refractivity contribution in [3.63, 3.8) is 0 Å². The van der Waals surface area contributed by atoms with Crippen LogP contribution < -0.4 is 11.1 Å². The van der Waals surface area contributed by atoms with Crippen molar-refractivity contribution in [1.82, 2.24) is 9.78 Å². The molecule has 0 bridgehead atoms. The maximum absolute atomic E-state index is 5.92. The van der Waals surface area contributed by atoms with Crippen LogP contribution in [0.3, 0.4) is 0 Å². The van der Waals surface area contributed by atoms with Crippen molar-refractivity contribution in [2.75, 3.05) is 18.4 Å². The molecule has 3 N–H and O–H groups in total. The van der Waals surface area contributed by atoms with E-state index in [-0.39, 0.29) is 0 Å². The van der Waals surface area contributed by atoms with E-state index in [1.807, 2.05) is 35.1 Å². The zero-order valence-corrected chi connectivity index (χ0v) is 12.0. The topological polar surface area (TPSA) is 55.9 Å². The van der Waals surface area contributed by atoms with Crippen LogP contribution >= 0.6 is 11.6 Å². The Balaban J connectivity index is 2.39. The molecule has 4 nitrogen and oxygen atoms in total.